The second-order valence-electron chi connectivity index (χ2n) is 10.3. The lowest BCUT2D eigenvalue weighted by molar-refractivity contribution is -0.137. The molecule has 4 bridgehead atoms. The number of carbonyl (C=O) groups is 2. The number of amides is 2. The van der Waals surface area contributed by atoms with Gasteiger partial charge in [0.05, 0.1) is 35.2 Å². The largest absolute Gasteiger partial charge is 0.390 e. The van der Waals surface area contributed by atoms with E-state index >= 15 is 0 Å². The number of rotatable bonds is 7. The van der Waals surface area contributed by atoms with E-state index in [2.05, 4.69) is 15.7 Å². The van der Waals surface area contributed by atoms with E-state index in [0.717, 1.165) is 32.1 Å². The standard InChI is InChI=1S/C23H34N4O4/c1-14(28)26-22(2,3)5-6-27-19(13-31-4)18(12-24-27)21(29)25-20-16-7-15-8-17(20)11-23(30,9-15)10-16/h5-6,12,15-17,20,30H,7-11,13H2,1-4H3,(H,25,29)(H,26,28). The third-order valence-corrected chi connectivity index (χ3v) is 7.09. The molecule has 4 saturated carbocycles. The molecule has 0 radical (unpaired) electrons. The van der Waals surface area contributed by atoms with Crippen molar-refractivity contribution in [3.8, 4) is 0 Å². The van der Waals surface area contributed by atoms with Crippen molar-refractivity contribution in [3.05, 3.63) is 23.5 Å². The first-order valence-electron chi connectivity index (χ1n) is 11.2. The fraction of sp³-hybridized carbons (Fsp3) is 0.696. The predicted molar refractivity (Wildman–Crippen MR) is 116 cm³/mol. The summed E-state index contributed by atoms with van der Waals surface area (Å²) in [5, 5.41) is 21.3. The van der Waals surface area contributed by atoms with Gasteiger partial charge in [-0.15, -0.1) is 0 Å². The first-order valence-corrected chi connectivity index (χ1v) is 11.2. The SMILES string of the molecule is COCc1c(C(=O)NC2C3CC4CC2CC(O)(C4)C3)cnn1C=CC(C)(C)NC(C)=O. The fourth-order valence-electron chi connectivity index (χ4n) is 6.18. The van der Waals surface area contributed by atoms with Crippen molar-refractivity contribution in [1.82, 2.24) is 20.4 Å². The van der Waals surface area contributed by atoms with Crippen LogP contribution in [0, 0.1) is 17.8 Å². The van der Waals surface area contributed by atoms with Gasteiger partial charge in [-0.05, 0) is 69.8 Å². The molecule has 31 heavy (non-hydrogen) atoms. The van der Waals surface area contributed by atoms with Crippen LogP contribution in [0.4, 0.5) is 0 Å². The molecule has 4 aliphatic rings. The Morgan fingerprint density at radius 2 is 2.00 bits per heavy atom. The lowest BCUT2D eigenvalue weighted by Crippen LogP contribution is -2.61. The summed E-state index contributed by atoms with van der Waals surface area (Å²) in [6.07, 6.45) is 9.84. The Balaban J connectivity index is 1.50. The number of nitrogens with zero attached hydrogens (tertiary/aromatic N) is 2. The Hall–Kier alpha value is -2.19. The molecule has 1 aromatic rings. The first-order chi connectivity index (χ1) is 14.6. The Morgan fingerprint density at radius 3 is 2.58 bits per heavy atom. The first kappa shape index (κ1) is 22.0. The molecule has 1 aromatic heterocycles. The minimum Gasteiger partial charge on any atom is -0.390 e. The maximum absolute atomic E-state index is 13.2. The average molecular weight is 431 g/mol. The molecule has 2 unspecified atom stereocenters. The summed E-state index contributed by atoms with van der Waals surface area (Å²) < 4.78 is 6.96. The Bertz CT molecular complexity index is 874. The highest BCUT2D eigenvalue weighted by Crippen LogP contribution is 2.55. The van der Waals surface area contributed by atoms with Crippen LogP contribution >= 0.6 is 0 Å². The number of aliphatic hydroxyl groups is 1. The second-order valence-corrected chi connectivity index (χ2v) is 10.3. The minimum absolute atomic E-state index is 0.109. The van der Waals surface area contributed by atoms with Gasteiger partial charge in [0.25, 0.3) is 5.91 Å². The highest BCUT2D eigenvalue weighted by Gasteiger charge is 2.55. The third-order valence-electron chi connectivity index (χ3n) is 7.09. The van der Waals surface area contributed by atoms with Gasteiger partial charge in [0.15, 0.2) is 0 Å². The molecule has 3 N–H and O–H groups in total. The molecule has 8 heteroatoms. The lowest BCUT2D eigenvalue weighted by Gasteiger charge is -2.58. The smallest absolute Gasteiger partial charge is 0.255 e. The molecule has 0 spiro atoms. The molecule has 5 rings (SSSR count). The van der Waals surface area contributed by atoms with Crippen LogP contribution in [0.3, 0.4) is 0 Å². The van der Waals surface area contributed by atoms with E-state index in [1.165, 1.54) is 6.92 Å². The molecule has 2 amide bonds. The van der Waals surface area contributed by atoms with Gasteiger partial charge in [0.1, 0.15) is 0 Å². The number of methoxy groups -OCH3 is 1. The van der Waals surface area contributed by atoms with Crippen molar-refractivity contribution < 1.29 is 19.4 Å². The molecule has 8 nitrogen and oxygen atoms in total. The Labute approximate surface area is 183 Å². The van der Waals surface area contributed by atoms with E-state index in [0.29, 0.717) is 29.0 Å². The molecule has 0 aliphatic heterocycles. The van der Waals surface area contributed by atoms with Gasteiger partial charge in [-0.1, -0.05) is 0 Å². The van der Waals surface area contributed by atoms with Gasteiger partial charge >= 0.3 is 0 Å². The fourth-order valence-corrected chi connectivity index (χ4v) is 6.18. The number of ether oxygens (including phenoxy) is 1. The van der Waals surface area contributed by atoms with Crippen LogP contribution in [-0.2, 0) is 16.1 Å². The number of carbonyl (C=O) groups excluding carboxylic acids is 2. The van der Waals surface area contributed by atoms with Crippen LogP contribution in [-0.4, -0.2) is 51.0 Å². The highest BCUT2D eigenvalue weighted by molar-refractivity contribution is 5.95. The molecule has 2 atom stereocenters. The Kier molecular flexibility index (Phi) is 5.72. The molecular formula is C23H34N4O4. The summed E-state index contributed by atoms with van der Waals surface area (Å²) in [5.41, 5.74) is 0.0919. The topological polar surface area (TPSA) is 105 Å². The lowest BCUT2D eigenvalue weighted by atomic mass is 9.52. The quantitative estimate of drug-likeness (QED) is 0.614. The Morgan fingerprint density at radius 1 is 1.32 bits per heavy atom. The van der Waals surface area contributed by atoms with Gasteiger partial charge in [-0.3, -0.25) is 9.59 Å². The highest BCUT2D eigenvalue weighted by atomic mass is 16.5. The zero-order chi connectivity index (χ0) is 22.4. The molecule has 170 valence electrons. The van der Waals surface area contributed by atoms with E-state index in [-0.39, 0.29) is 24.5 Å². The minimum atomic E-state index is -0.550. The molecule has 4 fully saturated rings. The van der Waals surface area contributed by atoms with E-state index in [9.17, 15) is 14.7 Å². The van der Waals surface area contributed by atoms with E-state index in [1.807, 2.05) is 19.9 Å². The van der Waals surface area contributed by atoms with E-state index < -0.39 is 11.1 Å². The van der Waals surface area contributed by atoms with Crippen molar-refractivity contribution in [2.24, 2.45) is 17.8 Å². The van der Waals surface area contributed by atoms with E-state index in [4.69, 9.17) is 4.74 Å². The maximum atomic E-state index is 13.2. The zero-order valence-electron chi connectivity index (χ0n) is 18.9. The van der Waals surface area contributed by atoms with Crippen LogP contribution in [0.5, 0.6) is 0 Å². The van der Waals surface area contributed by atoms with Crippen molar-refractivity contribution in [2.75, 3.05) is 7.11 Å². The van der Waals surface area contributed by atoms with Crippen LogP contribution in [0.15, 0.2) is 12.3 Å². The summed E-state index contributed by atoms with van der Waals surface area (Å²) >= 11 is 0. The summed E-state index contributed by atoms with van der Waals surface area (Å²) in [4.78, 5) is 24.6. The van der Waals surface area contributed by atoms with E-state index in [1.54, 1.807) is 24.2 Å². The van der Waals surface area contributed by atoms with Gasteiger partial charge in [-0.25, -0.2) is 4.68 Å². The summed E-state index contributed by atoms with van der Waals surface area (Å²) in [7, 11) is 1.59. The third kappa shape index (κ3) is 4.55. The summed E-state index contributed by atoms with van der Waals surface area (Å²) in [6, 6.07) is 0.109. The van der Waals surface area contributed by atoms with Crippen LogP contribution in [0.1, 0.15) is 68.9 Å². The molecule has 4 aliphatic carbocycles. The normalized spacial score (nSPS) is 31.9. The molecular weight excluding hydrogens is 396 g/mol. The van der Waals surface area contributed by atoms with Crippen LogP contribution in [0.25, 0.3) is 6.20 Å². The number of hydrogen-bond donors (Lipinski definition) is 3. The second kappa shape index (κ2) is 8.06. The van der Waals surface area contributed by atoms with Crippen molar-refractivity contribution in [3.63, 3.8) is 0 Å². The van der Waals surface area contributed by atoms with Gasteiger partial charge < -0.3 is 20.5 Å². The van der Waals surface area contributed by atoms with Gasteiger partial charge in [0.2, 0.25) is 5.91 Å². The van der Waals surface area contributed by atoms with Crippen molar-refractivity contribution in [2.45, 2.75) is 76.7 Å². The number of hydrogen-bond acceptors (Lipinski definition) is 5. The number of aromatic nitrogens is 2. The van der Waals surface area contributed by atoms with Gasteiger partial charge in [0, 0.05) is 26.3 Å². The zero-order valence-corrected chi connectivity index (χ0v) is 18.9. The van der Waals surface area contributed by atoms with Crippen LogP contribution in [0.2, 0.25) is 0 Å². The predicted octanol–water partition coefficient (Wildman–Crippen LogP) is 2.08. The maximum Gasteiger partial charge on any atom is 0.255 e. The van der Waals surface area contributed by atoms with Crippen LogP contribution < -0.4 is 10.6 Å². The average Bonchev–Trinajstić information content (AvgIpc) is 3.04. The summed E-state index contributed by atoms with van der Waals surface area (Å²) in [5.74, 6) is 1.03. The number of nitrogens with one attached hydrogen (secondary N) is 2. The summed E-state index contributed by atoms with van der Waals surface area (Å²) in [6.45, 7) is 5.49. The molecule has 1 heterocycles. The van der Waals surface area contributed by atoms with Gasteiger partial charge in [-0.2, -0.15) is 5.10 Å². The molecule has 0 aromatic carbocycles. The monoisotopic (exact) mass is 430 g/mol. The van der Waals surface area contributed by atoms with Crippen molar-refractivity contribution in [1.29, 1.82) is 0 Å². The molecule has 0 saturated heterocycles. The van der Waals surface area contributed by atoms with Crippen molar-refractivity contribution >= 4 is 18.0 Å².